The number of nitrogens with two attached hydrogens (primary N) is 2. The zero-order chi connectivity index (χ0) is 46.3. The van der Waals surface area contributed by atoms with Crippen molar-refractivity contribution in [1.29, 1.82) is 0 Å². The molecule has 0 aliphatic carbocycles. The zero-order valence-electron chi connectivity index (χ0n) is 34.7. The number of aliphatic hydroxyl groups is 2. The molecule has 4 rings (SSSR count). The van der Waals surface area contributed by atoms with E-state index in [9.17, 15) is 62.9 Å². The van der Waals surface area contributed by atoms with E-state index in [-0.39, 0.29) is 49.6 Å². The number of hydrogen-bond acceptors (Lipinski definition) is 8. The third-order valence-corrected chi connectivity index (χ3v) is 11.8. The van der Waals surface area contributed by atoms with Crippen LogP contribution in [-0.4, -0.2) is 69.9 Å². The molecule has 2 aliphatic heterocycles. The standard InChI is InChI=1S/2C20H28F6N2O2/c2*1-12(13-7-14(19(21,22)23)9-15(8-13)20(24,25)26)30-11-17(4)5-6-18(27,10-28-17)16(2,3)29/h2*7-9,12,28-29H,5-6,10-11,27H2,1-4H3/t12-,17-,18+;12-,17-,18-/m11/s1. The van der Waals surface area contributed by atoms with Crippen LogP contribution in [0.3, 0.4) is 0 Å². The Morgan fingerprint density at radius 3 is 0.967 bits per heavy atom. The Morgan fingerprint density at radius 1 is 0.533 bits per heavy atom. The van der Waals surface area contributed by atoms with E-state index in [1.165, 1.54) is 13.8 Å². The Kier molecular flexibility index (Phi) is 15.0. The lowest BCUT2D eigenvalue weighted by Crippen LogP contribution is -2.69. The van der Waals surface area contributed by atoms with Gasteiger partial charge in [0.05, 0.1) is 70.0 Å². The molecule has 8 nitrogen and oxygen atoms in total. The summed E-state index contributed by atoms with van der Waals surface area (Å²) in [5, 5.41) is 26.9. The largest absolute Gasteiger partial charge is 0.416 e. The maximum absolute atomic E-state index is 13.1. The molecule has 2 aromatic carbocycles. The highest BCUT2D eigenvalue weighted by atomic mass is 19.4. The van der Waals surface area contributed by atoms with Gasteiger partial charge >= 0.3 is 24.7 Å². The normalized spacial score (nSPS) is 27.2. The molecule has 0 spiro atoms. The number of benzene rings is 2. The molecule has 2 aliphatic rings. The molecule has 20 heteroatoms. The summed E-state index contributed by atoms with van der Waals surface area (Å²) in [6, 6.07) is 2.90. The van der Waals surface area contributed by atoms with E-state index in [0.29, 0.717) is 49.9 Å². The minimum Gasteiger partial charge on any atom is -0.389 e. The monoisotopic (exact) mass is 884 g/mol. The van der Waals surface area contributed by atoms with Crippen LogP contribution in [0.25, 0.3) is 0 Å². The second kappa shape index (κ2) is 17.4. The molecule has 0 unspecified atom stereocenters. The summed E-state index contributed by atoms with van der Waals surface area (Å²) in [5.41, 5.74) is 1.46. The van der Waals surface area contributed by atoms with Crippen molar-refractivity contribution in [3.05, 3.63) is 69.8 Å². The molecule has 344 valence electrons. The van der Waals surface area contributed by atoms with Crippen LogP contribution in [0, 0.1) is 0 Å². The quantitative estimate of drug-likeness (QED) is 0.131. The number of alkyl halides is 12. The van der Waals surface area contributed by atoms with Crippen molar-refractivity contribution in [2.24, 2.45) is 11.5 Å². The van der Waals surface area contributed by atoms with Crippen molar-refractivity contribution in [3.8, 4) is 0 Å². The molecule has 2 saturated heterocycles. The maximum atomic E-state index is 13.1. The van der Waals surface area contributed by atoms with Crippen molar-refractivity contribution in [2.75, 3.05) is 26.3 Å². The van der Waals surface area contributed by atoms with Gasteiger partial charge in [-0.1, -0.05) is 0 Å². The maximum Gasteiger partial charge on any atom is 0.416 e. The van der Waals surface area contributed by atoms with Gasteiger partial charge in [-0.2, -0.15) is 52.7 Å². The highest BCUT2D eigenvalue weighted by Gasteiger charge is 2.48. The van der Waals surface area contributed by atoms with Crippen LogP contribution in [0.4, 0.5) is 52.7 Å². The molecule has 2 heterocycles. The lowest BCUT2D eigenvalue weighted by Gasteiger charge is -2.49. The van der Waals surface area contributed by atoms with Gasteiger partial charge < -0.3 is 41.8 Å². The second-order valence-electron chi connectivity index (χ2n) is 17.8. The molecule has 60 heavy (non-hydrogen) atoms. The highest BCUT2D eigenvalue weighted by Crippen LogP contribution is 2.41. The molecule has 0 aromatic heterocycles. The van der Waals surface area contributed by atoms with Gasteiger partial charge in [0.25, 0.3) is 0 Å². The van der Waals surface area contributed by atoms with Gasteiger partial charge in [0.15, 0.2) is 0 Å². The zero-order valence-corrected chi connectivity index (χ0v) is 34.7. The van der Waals surface area contributed by atoms with Gasteiger partial charge in [-0.25, -0.2) is 0 Å². The average molecular weight is 885 g/mol. The fourth-order valence-electron chi connectivity index (χ4n) is 6.62. The van der Waals surface area contributed by atoms with Crippen molar-refractivity contribution in [1.82, 2.24) is 10.6 Å². The van der Waals surface area contributed by atoms with E-state index in [1.807, 2.05) is 13.8 Å². The molecule has 6 atom stereocenters. The van der Waals surface area contributed by atoms with Crippen molar-refractivity contribution in [2.45, 2.75) is 151 Å². The van der Waals surface area contributed by atoms with Crippen molar-refractivity contribution < 1.29 is 72.4 Å². The van der Waals surface area contributed by atoms with Crippen LogP contribution in [0.2, 0.25) is 0 Å². The highest BCUT2D eigenvalue weighted by molar-refractivity contribution is 5.36. The first-order valence-electron chi connectivity index (χ1n) is 19.1. The summed E-state index contributed by atoms with van der Waals surface area (Å²) < 4.78 is 168. The van der Waals surface area contributed by atoms with E-state index in [2.05, 4.69) is 10.6 Å². The molecular weight excluding hydrogens is 828 g/mol. The second-order valence-corrected chi connectivity index (χ2v) is 17.8. The van der Waals surface area contributed by atoms with Crippen molar-refractivity contribution >= 4 is 0 Å². The van der Waals surface area contributed by atoms with E-state index in [4.69, 9.17) is 20.9 Å². The van der Waals surface area contributed by atoms with Crippen LogP contribution in [0.15, 0.2) is 36.4 Å². The predicted octanol–water partition coefficient (Wildman–Crippen LogP) is 8.82. The molecule has 0 saturated carbocycles. The molecular formula is C40H56F12N4O4. The Labute approximate surface area is 341 Å². The molecule has 0 radical (unpaired) electrons. The number of halogens is 12. The van der Waals surface area contributed by atoms with E-state index in [0.717, 1.165) is 0 Å². The van der Waals surface area contributed by atoms with Crippen LogP contribution in [0.5, 0.6) is 0 Å². The Bertz CT molecular complexity index is 1560. The van der Waals surface area contributed by atoms with Crippen LogP contribution < -0.4 is 22.1 Å². The minimum atomic E-state index is -4.91. The first-order valence-corrected chi connectivity index (χ1v) is 19.1. The van der Waals surface area contributed by atoms with Crippen molar-refractivity contribution in [3.63, 3.8) is 0 Å². The summed E-state index contributed by atoms with van der Waals surface area (Å²) in [6.07, 6.45) is -19.7. The Balaban J connectivity index is 0.000000320. The summed E-state index contributed by atoms with van der Waals surface area (Å²) in [5.74, 6) is 0. The summed E-state index contributed by atoms with van der Waals surface area (Å²) in [7, 11) is 0. The van der Waals surface area contributed by atoms with E-state index >= 15 is 0 Å². The fourth-order valence-corrected chi connectivity index (χ4v) is 6.62. The number of hydrogen-bond donors (Lipinski definition) is 6. The van der Waals surface area contributed by atoms with E-state index < -0.39 is 92.5 Å². The number of rotatable bonds is 10. The molecule has 8 N–H and O–H groups in total. The average Bonchev–Trinajstić information content (AvgIpc) is 3.10. The molecule has 2 aromatic rings. The van der Waals surface area contributed by atoms with Gasteiger partial charge in [-0.3, -0.25) is 0 Å². The number of nitrogens with one attached hydrogen (secondary N) is 2. The topological polar surface area (TPSA) is 135 Å². The molecule has 2 fully saturated rings. The van der Waals surface area contributed by atoms with Crippen LogP contribution in [-0.2, 0) is 34.2 Å². The Hall–Kier alpha value is -2.72. The minimum absolute atomic E-state index is 0.0493. The van der Waals surface area contributed by atoms with Gasteiger partial charge in [0, 0.05) is 24.2 Å². The first-order chi connectivity index (χ1) is 26.7. The summed E-state index contributed by atoms with van der Waals surface area (Å²) >= 11 is 0. The van der Waals surface area contributed by atoms with Gasteiger partial charge in [0.2, 0.25) is 0 Å². The smallest absolute Gasteiger partial charge is 0.389 e. The lowest BCUT2D eigenvalue weighted by molar-refractivity contribution is -0.145. The number of ether oxygens (including phenoxy) is 2. The van der Waals surface area contributed by atoms with Crippen LogP contribution in [0.1, 0.15) is 127 Å². The SMILES string of the molecule is C[C@@H](OC[C@@]1(C)CC[C@@](N)(C(C)(C)O)CN1)c1cc(C(F)(F)F)cc(C(F)(F)F)c1.C[C@@H](OC[C@@]1(C)CC[C@](N)(C(C)(C)O)CN1)c1cc(C(F)(F)F)cc(C(F)(F)F)c1. The third kappa shape index (κ3) is 13.2. The summed E-state index contributed by atoms with van der Waals surface area (Å²) in [4.78, 5) is 0. The van der Waals surface area contributed by atoms with Gasteiger partial charge in [-0.05, 0) is 129 Å². The van der Waals surface area contributed by atoms with Gasteiger partial charge in [-0.15, -0.1) is 0 Å². The summed E-state index contributed by atoms with van der Waals surface area (Å²) in [6.45, 7) is 13.6. The van der Waals surface area contributed by atoms with E-state index in [1.54, 1.807) is 27.7 Å². The predicted molar refractivity (Wildman–Crippen MR) is 199 cm³/mol. The number of piperidine rings is 2. The van der Waals surface area contributed by atoms with Gasteiger partial charge in [0.1, 0.15) is 0 Å². The lowest BCUT2D eigenvalue weighted by atomic mass is 9.73. The molecule has 0 bridgehead atoms. The first kappa shape index (κ1) is 51.6. The fraction of sp³-hybridized carbons (Fsp3) is 0.700. The Morgan fingerprint density at radius 2 is 0.783 bits per heavy atom. The third-order valence-electron chi connectivity index (χ3n) is 11.8. The molecule has 0 amide bonds. The van der Waals surface area contributed by atoms with Crippen LogP contribution >= 0.6 is 0 Å².